The molecule has 166 valence electrons. The van der Waals surface area contributed by atoms with Crippen molar-refractivity contribution in [1.82, 2.24) is 26.2 Å². The fourth-order valence-corrected chi connectivity index (χ4v) is 2.68. The molecule has 0 saturated heterocycles. The lowest BCUT2D eigenvalue weighted by molar-refractivity contribution is -0.145. The van der Waals surface area contributed by atoms with Crippen LogP contribution in [0, 0.1) is 0 Å². The summed E-state index contributed by atoms with van der Waals surface area (Å²) in [6.07, 6.45) is -0.548. The Morgan fingerprint density at radius 1 is 0.900 bits per heavy atom. The highest BCUT2D eigenvalue weighted by molar-refractivity contribution is 6.15. The summed E-state index contributed by atoms with van der Waals surface area (Å²) in [4.78, 5) is 70.0. The van der Waals surface area contributed by atoms with Gasteiger partial charge in [-0.15, -0.1) is 0 Å². The van der Waals surface area contributed by atoms with E-state index in [2.05, 4.69) is 21.3 Å². The minimum atomic E-state index is -1.41. The van der Waals surface area contributed by atoms with Crippen molar-refractivity contribution in [2.24, 2.45) is 0 Å². The minimum Gasteiger partial charge on any atom is -0.465 e. The quantitative estimate of drug-likeness (QED) is 0.136. The minimum absolute atomic E-state index is 0.110. The molecule has 1 heterocycles. The SMILES string of the molecule is CC(NC(=O)C(CCCCNC(=O)O)NC(=O)O)NC(=O)C(C)N1C(=O)C=CC1=O. The molecule has 0 radical (unpaired) electrons. The predicted octanol–water partition coefficient (Wildman–Crippen LogP) is -1.05. The van der Waals surface area contributed by atoms with Gasteiger partial charge in [0.15, 0.2) is 0 Å². The largest absolute Gasteiger partial charge is 0.465 e. The van der Waals surface area contributed by atoms with E-state index in [1.807, 2.05) is 0 Å². The summed E-state index contributed by atoms with van der Waals surface area (Å²) < 4.78 is 0. The Kier molecular flexibility index (Phi) is 9.26. The number of carbonyl (C=O) groups is 6. The van der Waals surface area contributed by atoms with Gasteiger partial charge in [0.25, 0.3) is 11.8 Å². The van der Waals surface area contributed by atoms with E-state index in [1.54, 1.807) is 0 Å². The number of hydrogen-bond acceptors (Lipinski definition) is 6. The van der Waals surface area contributed by atoms with E-state index in [1.165, 1.54) is 13.8 Å². The smallest absolute Gasteiger partial charge is 0.405 e. The average Bonchev–Trinajstić information content (AvgIpc) is 2.97. The van der Waals surface area contributed by atoms with Crippen LogP contribution >= 0.6 is 0 Å². The second-order valence-corrected chi connectivity index (χ2v) is 6.52. The van der Waals surface area contributed by atoms with Crippen molar-refractivity contribution in [3.05, 3.63) is 12.2 Å². The Labute approximate surface area is 171 Å². The van der Waals surface area contributed by atoms with Crippen LogP contribution in [0.2, 0.25) is 0 Å². The highest BCUT2D eigenvalue weighted by atomic mass is 16.4. The van der Waals surface area contributed by atoms with Gasteiger partial charge in [-0.1, -0.05) is 0 Å². The third-order valence-corrected chi connectivity index (χ3v) is 4.14. The summed E-state index contributed by atoms with van der Waals surface area (Å²) in [5.41, 5.74) is 0. The molecule has 0 bridgehead atoms. The fourth-order valence-electron chi connectivity index (χ4n) is 2.68. The number of unbranched alkanes of at least 4 members (excludes halogenated alkanes) is 1. The maximum absolute atomic E-state index is 12.3. The lowest BCUT2D eigenvalue weighted by Gasteiger charge is -2.25. The van der Waals surface area contributed by atoms with Gasteiger partial charge < -0.3 is 31.5 Å². The first-order valence-electron chi connectivity index (χ1n) is 9.15. The van der Waals surface area contributed by atoms with Crippen LogP contribution in [0.5, 0.6) is 0 Å². The zero-order chi connectivity index (χ0) is 22.8. The van der Waals surface area contributed by atoms with Crippen LogP contribution in [0.15, 0.2) is 12.2 Å². The fraction of sp³-hybridized carbons (Fsp3) is 0.529. The monoisotopic (exact) mass is 427 g/mol. The van der Waals surface area contributed by atoms with Crippen molar-refractivity contribution in [3.63, 3.8) is 0 Å². The van der Waals surface area contributed by atoms with E-state index >= 15 is 0 Å². The van der Waals surface area contributed by atoms with Crippen molar-refractivity contribution in [1.29, 1.82) is 0 Å². The van der Waals surface area contributed by atoms with E-state index in [9.17, 15) is 28.8 Å². The van der Waals surface area contributed by atoms with Crippen LogP contribution in [0.4, 0.5) is 9.59 Å². The maximum atomic E-state index is 12.3. The third-order valence-electron chi connectivity index (χ3n) is 4.14. The third kappa shape index (κ3) is 7.77. The Bertz CT molecular complexity index is 720. The summed E-state index contributed by atoms with van der Waals surface area (Å²) in [6.45, 7) is 2.94. The molecule has 0 saturated carbocycles. The molecule has 0 fully saturated rings. The Morgan fingerprint density at radius 2 is 1.47 bits per heavy atom. The first-order valence-corrected chi connectivity index (χ1v) is 9.15. The van der Waals surface area contributed by atoms with Gasteiger partial charge in [0.2, 0.25) is 11.8 Å². The molecule has 1 aliphatic rings. The molecule has 6 amide bonds. The van der Waals surface area contributed by atoms with Crippen LogP contribution in [-0.2, 0) is 19.2 Å². The van der Waals surface area contributed by atoms with E-state index in [0.29, 0.717) is 12.8 Å². The number of carboxylic acid groups (broad SMARTS) is 2. The summed E-state index contributed by atoms with van der Waals surface area (Å²) in [7, 11) is 0. The van der Waals surface area contributed by atoms with E-state index < -0.39 is 54.1 Å². The second kappa shape index (κ2) is 11.4. The molecule has 6 N–H and O–H groups in total. The molecule has 1 aliphatic heterocycles. The maximum Gasteiger partial charge on any atom is 0.405 e. The van der Waals surface area contributed by atoms with Crippen LogP contribution in [0.1, 0.15) is 33.1 Å². The van der Waals surface area contributed by atoms with E-state index in [-0.39, 0.29) is 13.0 Å². The number of carbonyl (C=O) groups excluding carboxylic acids is 4. The molecule has 13 heteroatoms. The number of imide groups is 1. The molecule has 0 aliphatic carbocycles. The van der Waals surface area contributed by atoms with Gasteiger partial charge in [0, 0.05) is 18.7 Å². The predicted molar refractivity (Wildman–Crippen MR) is 101 cm³/mol. The van der Waals surface area contributed by atoms with Crippen LogP contribution in [0.25, 0.3) is 0 Å². The number of rotatable bonds is 11. The molecular formula is C17H25N5O8. The Morgan fingerprint density at radius 3 is 2.00 bits per heavy atom. The van der Waals surface area contributed by atoms with Gasteiger partial charge in [-0.3, -0.25) is 24.1 Å². The normalized spacial score (nSPS) is 15.9. The van der Waals surface area contributed by atoms with Crippen LogP contribution in [-0.4, -0.2) is 75.7 Å². The second-order valence-electron chi connectivity index (χ2n) is 6.52. The first kappa shape index (κ1) is 24.4. The van der Waals surface area contributed by atoms with Crippen LogP contribution in [0.3, 0.4) is 0 Å². The number of hydrogen-bond donors (Lipinski definition) is 6. The molecule has 13 nitrogen and oxygen atoms in total. The highest BCUT2D eigenvalue weighted by Crippen LogP contribution is 2.09. The zero-order valence-corrected chi connectivity index (χ0v) is 16.5. The molecule has 30 heavy (non-hydrogen) atoms. The number of nitrogens with one attached hydrogen (secondary N) is 4. The highest BCUT2D eigenvalue weighted by Gasteiger charge is 2.33. The average molecular weight is 427 g/mol. The van der Waals surface area contributed by atoms with Gasteiger partial charge >= 0.3 is 12.2 Å². The van der Waals surface area contributed by atoms with Crippen molar-refractivity contribution in [2.75, 3.05) is 6.54 Å². The van der Waals surface area contributed by atoms with E-state index in [4.69, 9.17) is 10.2 Å². The van der Waals surface area contributed by atoms with Gasteiger partial charge in [-0.2, -0.15) is 0 Å². The number of nitrogens with zero attached hydrogens (tertiary/aromatic N) is 1. The zero-order valence-electron chi connectivity index (χ0n) is 16.5. The standard InChI is InChI=1S/C17H25N5O8/c1-9(22-12(23)6-7-13(22)24)14(25)19-10(2)20-15(26)11(21-17(29)30)5-3-4-8-18-16(27)28/h6-7,9-11,18,21H,3-5,8H2,1-2H3,(H,19,25)(H,20,26)(H,27,28)(H,29,30). The molecule has 1 rings (SSSR count). The van der Waals surface area contributed by atoms with Gasteiger partial charge in [0.05, 0.1) is 6.17 Å². The van der Waals surface area contributed by atoms with E-state index in [0.717, 1.165) is 17.1 Å². The molecule has 3 unspecified atom stereocenters. The summed E-state index contributed by atoms with van der Waals surface area (Å²) in [6, 6.07) is -2.22. The molecule has 0 aromatic carbocycles. The first-order chi connectivity index (χ1) is 14.0. The summed E-state index contributed by atoms with van der Waals surface area (Å²) in [5, 5.41) is 26.5. The topological polar surface area (TPSA) is 194 Å². The Balaban J connectivity index is 2.55. The van der Waals surface area contributed by atoms with Gasteiger partial charge in [0.1, 0.15) is 12.1 Å². The summed E-state index contributed by atoms with van der Waals surface area (Å²) >= 11 is 0. The molecule has 0 aromatic rings. The van der Waals surface area contributed by atoms with Gasteiger partial charge in [-0.25, -0.2) is 9.59 Å². The summed E-state index contributed by atoms with van der Waals surface area (Å²) in [5.74, 6) is -2.63. The van der Waals surface area contributed by atoms with Crippen LogP contribution < -0.4 is 21.3 Å². The van der Waals surface area contributed by atoms with Crippen molar-refractivity contribution >= 4 is 35.8 Å². The Hall–Kier alpha value is -3.64. The molecular weight excluding hydrogens is 402 g/mol. The molecule has 0 spiro atoms. The number of amides is 6. The van der Waals surface area contributed by atoms with Crippen molar-refractivity contribution < 1.29 is 39.0 Å². The van der Waals surface area contributed by atoms with Crippen molar-refractivity contribution in [3.8, 4) is 0 Å². The van der Waals surface area contributed by atoms with Gasteiger partial charge in [-0.05, 0) is 33.1 Å². The molecule has 0 aromatic heterocycles. The van der Waals surface area contributed by atoms with Crippen molar-refractivity contribution in [2.45, 2.75) is 51.4 Å². The lowest BCUT2D eigenvalue weighted by Crippen LogP contribution is -2.56. The lowest BCUT2D eigenvalue weighted by atomic mass is 10.1. The molecule has 3 atom stereocenters.